The number of hydrogen-bond acceptors (Lipinski definition) is 4. The van der Waals surface area contributed by atoms with Crippen LogP contribution in [0.3, 0.4) is 0 Å². The van der Waals surface area contributed by atoms with Crippen LogP contribution >= 0.6 is 0 Å². The summed E-state index contributed by atoms with van der Waals surface area (Å²) in [7, 11) is 1.44. The van der Waals surface area contributed by atoms with Crippen LogP contribution in [0.4, 0.5) is 4.79 Å². The second-order valence-electron chi connectivity index (χ2n) is 2.78. The quantitative estimate of drug-likeness (QED) is 0.612. The lowest BCUT2D eigenvalue weighted by Gasteiger charge is -2.38. The SMILES string of the molecule is CO[C@@]1([C@H](C)O)CCOC(=O)N1. The normalized spacial score (nSPS) is 32.1. The maximum atomic E-state index is 10.8. The van der Waals surface area contributed by atoms with E-state index in [4.69, 9.17) is 4.74 Å². The molecule has 1 aliphatic rings. The van der Waals surface area contributed by atoms with E-state index < -0.39 is 17.9 Å². The number of ether oxygens (including phenoxy) is 2. The Balaban J connectivity index is 2.71. The standard InChI is InChI=1S/C7H13NO4/c1-5(9)7(11-2)3-4-12-6(10)8-7/h5,9H,3-4H2,1-2H3,(H,8,10)/t5-,7+/m0/s1. The zero-order valence-electron chi connectivity index (χ0n) is 7.16. The van der Waals surface area contributed by atoms with Crippen molar-refractivity contribution in [3.63, 3.8) is 0 Å². The van der Waals surface area contributed by atoms with E-state index in [0.29, 0.717) is 6.42 Å². The highest BCUT2D eigenvalue weighted by molar-refractivity contribution is 5.68. The number of aliphatic hydroxyl groups excluding tert-OH is 1. The zero-order valence-corrected chi connectivity index (χ0v) is 7.16. The number of nitrogens with one attached hydrogen (secondary N) is 1. The molecule has 5 nitrogen and oxygen atoms in total. The Morgan fingerprint density at radius 1 is 1.83 bits per heavy atom. The molecule has 0 aromatic rings. The molecule has 70 valence electrons. The van der Waals surface area contributed by atoms with Gasteiger partial charge in [0.25, 0.3) is 0 Å². The summed E-state index contributed by atoms with van der Waals surface area (Å²) < 4.78 is 9.69. The summed E-state index contributed by atoms with van der Waals surface area (Å²) in [5.41, 5.74) is -0.977. The molecule has 0 unspecified atom stereocenters. The van der Waals surface area contributed by atoms with E-state index in [2.05, 4.69) is 10.1 Å². The second-order valence-corrected chi connectivity index (χ2v) is 2.78. The predicted octanol–water partition coefficient (Wildman–Crippen LogP) is -0.160. The monoisotopic (exact) mass is 175 g/mol. The first-order valence-corrected chi connectivity index (χ1v) is 3.79. The first kappa shape index (κ1) is 9.28. The molecule has 0 spiro atoms. The predicted molar refractivity (Wildman–Crippen MR) is 40.5 cm³/mol. The first-order valence-electron chi connectivity index (χ1n) is 3.79. The van der Waals surface area contributed by atoms with Gasteiger partial charge in [0.05, 0.1) is 12.7 Å². The Kier molecular flexibility index (Phi) is 2.54. The molecule has 12 heavy (non-hydrogen) atoms. The zero-order chi connectivity index (χ0) is 9.19. The summed E-state index contributed by atoms with van der Waals surface area (Å²) >= 11 is 0. The minimum atomic E-state index is -0.977. The van der Waals surface area contributed by atoms with E-state index in [1.165, 1.54) is 7.11 Å². The number of aliphatic hydroxyl groups is 1. The highest BCUT2D eigenvalue weighted by atomic mass is 16.6. The molecule has 0 aliphatic carbocycles. The van der Waals surface area contributed by atoms with Crippen molar-refractivity contribution in [2.24, 2.45) is 0 Å². The van der Waals surface area contributed by atoms with Crippen LogP contribution in [0.2, 0.25) is 0 Å². The molecule has 1 aliphatic heterocycles. The van der Waals surface area contributed by atoms with Gasteiger partial charge >= 0.3 is 6.09 Å². The average Bonchev–Trinajstić information content (AvgIpc) is 2.04. The van der Waals surface area contributed by atoms with Gasteiger partial charge < -0.3 is 14.6 Å². The van der Waals surface area contributed by atoms with Gasteiger partial charge in [0.1, 0.15) is 0 Å². The molecule has 1 heterocycles. The molecule has 2 N–H and O–H groups in total. The third-order valence-electron chi connectivity index (χ3n) is 2.06. The Morgan fingerprint density at radius 3 is 2.83 bits per heavy atom. The van der Waals surface area contributed by atoms with Crippen LogP contribution in [0.25, 0.3) is 0 Å². The van der Waals surface area contributed by atoms with Crippen molar-refractivity contribution in [3.05, 3.63) is 0 Å². The molecule has 0 bridgehead atoms. The summed E-state index contributed by atoms with van der Waals surface area (Å²) in [4.78, 5) is 10.8. The summed E-state index contributed by atoms with van der Waals surface area (Å²) in [5.74, 6) is 0. The van der Waals surface area contributed by atoms with Crippen LogP contribution in [0.1, 0.15) is 13.3 Å². The molecule has 0 radical (unpaired) electrons. The molecule has 1 amide bonds. The van der Waals surface area contributed by atoms with E-state index in [1.807, 2.05) is 0 Å². The molecular weight excluding hydrogens is 162 g/mol. The summed E-state index contributed by atoms with van der Waals surface area (Å²) in [6.45, 7) is 1.83. The van der Waals surface area contributed by atoms with E-state index in [9.17, 15) is 9.90 Å². The molecule has 0 aromatic carbocycles. The van der Waals surface area contributed by atoms with E-state index in [1.54, 1.807) is 6.92 Å². The number of hydrogen-bond donors (Lipinski definition) is 2. The smallest absolute Gasteiger partial charge is 0.409 e. The minimum absolute atomic E-state index is 0.268. The van der Waals surface area contributed by atoms with Gasteiger partial charge in [0, 0.05) is 13.5 Å². The lowest BCUT2D eigenvalue weighted by atomic mass is 10.0. The van der Waals surface area contributed by atoms with Crippen LogP contribution in [0.15, 0.2) is 0 Å². The number of cyclic esters (lactones) is 1. The summed E-state index contributed by atoms with van der Waals surface area (Å²) in [6.07, 6.45) is -0.855. The lowest BCUT2D eigenvalue weighted by molar-refractivity contribution is -0.138. The van der Waals surface area contributed by atoms with E-state index in [0.717, 1.165) is 0 Å². The van der Waals surface area contributed by atoms with Gasteiger partial charge in [-0.15, -0.1) is 0 Å². The van der Waals surface area contributed by atoms with Crippen LogP contribution in [-0.2, 0) is 9.47 Å². The van der Waals surface area contributed by atoms with Crippen LogP contribution in [0, 0.1) is 0 Å². The van der Waals surface area contributed by atoms with Gasteiger partial charge in [0.15, 0.2) is 5.72 Å². The fourth-order valence-electron chi connectivity index (χ4n) is 1.20. The van der Waals surface area contributed by atoms with Crippen molar-refractivity contribution in [1.82, 2.24) is 5.32 Å². The Hall–Kier alpha value is -0.810. The number of carbonyl (C=O) groups excluding carboxylic acids is 1. The number of rotatable bonds is 2. The highest BCUT2D eigenvalue weighted by Gasteiger charge is 2.40. The second kappa shape index (κ2) is 3.28. The Bertz CT molecular complexity index is 182. The van der Waals surface area contributed by atoms with Crippen molar-refractivity contribution >= 4 is 6.09 Å². The van der Waals surface area contributed by atoms with Crippen molar-refractivity contribution in [2.45, 2.75) is 25.2 Å². The fraction of sp³-hybridized carbons (Fsp3) is 0.857. The van der Waals surface area contributed by atoms with Crippen LogP contribution in [0.5, 0.6) is 0 Å². The average molecular weight is 175 g/mol. The van der Waals surface area contributed by atoms with Crippen LogP contribution < -0.4 is 5.32 Å². The summed E-state index contributed by atoms with van der Waals surface area (Å²) in [5, 5.41) is 11.8. The van der Waals surface area contributed by atoms with Crippen molar-refractivity contribution in [2.75, 3.05) is 13.7 Å². The minimum Gasteiger partial charge on any atom is -0.449 e. The van der Waals surface area contributed by atoms with Gasteiger partial charge in [-0.05, 0) is 6.92 Å². The Morgan fingerprint density at radius 2 is 2.50 bits per heavy atom. The number of carbonyl (C=O) groups is 1. The van der Waals surface area contributed by atoms with Crippen LogP contribution in [-0.4, -0.2) is 36.7 Å². The molecule has 2 atom stereocenters. The highest BCUT2D eigenvalue weighted by Crippen LogP contribution is 2.20. The Labute approximate surface area is 70.7 Å². The maximum Gasteiger partial charge on any atom is 0.409 e. The topological polar surface area (TPSA) is 67.8 Å². The molecule has 0 aromatic heterocycles. The molecule has 5 heteroatoms. The number of methoxy groups -OCH3 is 1. The van der Waals surface area contributed by atoms with E-state index in [-0.39, 0.29) is 6.61 Å². The third-order valence-corrected chi connectivity index (χ3v) is 2.06. The van der Waals surface area contributed by atoms with Gasteiger partial charge in [-0.2, -0.15) is 0 Å². The molecule has 0 saturated carbocycles. The maximum absolute atomic E-state index is 10.8. The number of alkyl carbamates (subject to hydrolysis) is 1. The largest absolute Gasteiger partial charge is 0.449 e. The van der Waals surface area contributed by atoms with Crippen molar-refractivity contribution < 1.29 is 19.4 Å². The van der Waals surface area contributed by atoms with Crippen molar-refractivity contribution in [1.29, 1.82) is 0 Å². The van der Waals surface area contributed by atoms with Gasteiger partial charge in [-0.1, -0.05) is 0 Å². The number of amides is 1. The van der Waals surface area contributed by atoms with Crippen molar-refractivity contribution in [3.8, 4) is 0 Å². The van der Waals surface area contributed by atoms with Gasteiger partial charge in [-0.3, -0.25) is 5.32 Å². The molecule has 1 fully saturated rings. The van der Waals surface area contributed by atoms with Gasteiger partial charge in [-0.25, -0.2) is 4.79 Å². The molecule has 1 rings (SSSR count). The lowest BCUT2D eigenvalue weighted by Crippen LogP contribution is -2.60. The van der Waals surface area contributed by atoms with E-state index >= 15 is 0 Å². The summed E-state index contributed by atoms with van der Waals surface area (Å²) in [6, 6.07) is 0. The third kappa shape index (κ3) is 1.51. The molecule has 1 saturated heterocycles. The first-order chi connectivity index (χ1) is 5.60. The fourth-order valence-corrected chi connectivity index (χ4v) is 1.20. The molecular formula is C7H13NO4. The van der Waals surface area contributed by atoms with Gasteiger partial charge in [0.2, 0.25) is 0 Å².